The maximum Gasteiger partial charge on any atom is 0.419 e. The molecule has 0 spiro atoms. The molecule has 1 N–H and O–H groups in total. The predicted molar refractivity (Wildman–Crippen MR) is 151 cm³/mol. The second kappa shape index (κ2) is 12.1. The van der Waals surface area contributed by atoms with Crippen molar-refractivity contribution < 1.29 is 32.2 Å². The lowest BCUT2D eigenvalue weighted by molar-refractivity contribution is -0.138. The lowest BCUT2D eigenvalue weighted by Gasteiger charge is -2.39. The van der Waals surface area contributed by atoms with Gasteiger partial charge in [0.25, 0.3) is 0 Å². The molecule has 0 amide bonds. The summed E-state index contributed by atoms with van der Waals surface area (Å²) in [4.78, 5) is 13.9. The smallest absolute Gasteiger partial charge is 0.419 e. The Bertz CT molecular complexity index is 1440. The van der Waals surface area contributed by atoms with Gasteiger partial charge in [0.2, 0.25) is 0 Å². The number of ether oxygens (including phenoxy) is 1. The maximum atomic E-state index is 13.9. The molecule has 1 aliphatic carbocycles. The van der Waals surface area contributed by atoms with Gasteiger partial charge in [-0.05, 0) is 101 Å². The Labute approximate surface area is 237 Å². The van der Waals surface area contributed by atoms with Crippen LogP contribution in [0.15, 0.2) is 60.7 Å². The normalized spacial score (nSPS) is 16.2. The fourth-order valence-electron chi connectivity index (χ4n) is 6.07. The van der Waals surface area contributed by atoms with Gasteiger partial charge in [0.15, 0.2) is 0 Å². The maximum absolute atomic E-state index is 13.9. The number of carboxylic acids is 1. The zero-order valence-corrected chi connectivity index (χ0v) is 22.9. The molecule has 0 radical (unpaired) electrons. The van der Waals surface area contributed by atoms with Gasteiger partial charge in [-0.15, -0.1) is 0 Å². The molecule has 1 fully saturated rings. The standard InChI is InChI=1S/C33H33F4NO3/c1-41-30-13-11-25(18-29(30)33(35,36)37)27-5-2-4-24-17-26(32(39)40)10-12-28(24)31(27)23-8-6-21(7-9-23)16-22-19-38(20-22)15-3-14-34/h6-13,17-18,22H,2-5,14-16,19-20H2,1H3,(H,39,40). The zero-order chi connectivity index (χ0) is 29.1. The third kappa shape index (κ3) is 6.32. The van der Waals surface area contributed by atoms with Crippen LogP contribution >= 0.6 is 0 Å². The molecule has 3 aromatic carbocycles. The van der Waals surface area contributed by atoms with Gasteiger partial charge in [-0.2, -0.15) is 13.2 Å². The van der Waals surface area contributed by atoms with Crippen LogP contribution in [0.5, 0.6) is 5.75 Å². The van der Waals surface area contributed by atoms with E-state index in [-0.39, 0.29) is 18.0 Å². The largest absolute Gasteiger partial charge is 0.496 e. The topological polar surface area (TPSA) is 49.8 Å². The number of aromatic carboxylic acids is 1. The molecule has 3 aromatic rings. The van der Waals surface area contributed by atoms with Crippen LogP contribution in [0.2, 0.25) is 0 Å². The van der Waals surface area contributed by atoms with Crippen molar-refractivity contribution in [1.29, 1.82) is 0 Å². The van der Waals surface area contributed by atoms with Crippen LogP contribution in [0.4, 0.5) is 17.6 Å². The van der Waals surface area contributed by atoms with E-state index in [9.17, 15) is 27.5 Å². The molecular weight excluding hydrogens is 534 g/mol. The van der Waals surface area contributed by atoms with Gasteiger partial charge in [0.05, 0.1) is 24.9 Å². The third-order valence-electron chi connectivity index (χ3n) is 8.06. The zero-order valence-electron chi connectivity index (χ0n) is 22.9. The number of hydrogen-bond acceptors (Lipinski definition) is 3. The molecule has 0 bridgehead atoms. The summed E-state index contributed by atoms with van der Waals surface area (Å²) in [5.41, 5.74) is 5.18. The summed E-state index contributed by atoms with van der Waals surface area (Å²) in [5.74, 6) is -0.730. The first-order valence-electron chi connectivity index (χ1n) is 13.9. The number of carbonyl (C=O) groups is 1. The lowest BCUT2D eigenvalue weighted by Crippen LogP contribution is -2.47. The number of alkyl halides is 4. The molecule has 5 rings (SSSR count). The van der Waals surface area contributed by atoms with Crippen molar-refractivity contribution in [3.05, 3.63) is 99.6 Å². The van der Waals surface area contributed by atoms with Crippen molar-refractivity contribution in [3.63, 3.8) is 0 Å². The minimum atomic E-state index is -4.58. The van der Waals surface area contributed by atoms with Crippen molar-refractivity contribution >= 4 is 17.1 Å². The van der Waals surface area contributed by atoms with Gasteiger partial charge >= 0.3 is 12.1 Å². The number of methoxy groups -OCH3 is 1. The summed E-state index contributed by atoms with van der Waals surface area (Å²) in [5, 5.41) is 9.56. The van der Waals surface area contributed by atoms with Gasteiger partial charge in [-0.3, -0.25) is 4.39 Å². The molecule has 216 valence electrons. The van der Waals surface area contributed by atoms with E-state index in [4.69, 9.17) is 4.74 Å². The number of nitrogens with zero attached hydrogens (tertiary/aromatic N) is 1. The molecular formula is C33H33F4NO3. The molecule has 0 saturated carbocycles. The Kier molecular flexibility index (Phi) is 8.50. The van der Waals surface area contributed by atoms with Crippen molar-refractivity contribution in [3.8, 4) is 5.75 Å². The first kappa shape index (κ1) is 28.9. The molecule has 0 atom stereocenters. The summed E-state index contributed by atoms with van der Waals surface area (Å²) in [6, 6.07) is 17.4. The average molecular weight is 568 g/mol. The molecule has 8 heteroatoms. The van der Waals surface area contributed by atoms with E-state index >= 15 is 0 Å². The highest BCUT2D eigenvalue weighted by atomic mass is 19.4. The minimum absolute atomic E-state index is 0.187. The molecule has 0 unspecified atom stereocenters. The number of aryl methyl sites for hydroxylation is 1. The summed E-state index contributed by atoms with van der Waals surface area (Å²) in [7, 11) is 1.23. The van der Waals surface area contributed by atoms with E-state index in [2.05, 4.69) is 17.0 Å². The van der Waals surface area contributed by atoms with Crippen molar-refractivity contribution in [2.75, 3.05) is 33.4 Å². The van der Waals surface area contributed by atoms with E-state index in [1.807, 2.05) is 12.1 Å². The molecule has 2 aliphatic rings. The summed E-state index contributed by atoms with van der Waals surface area (Å²) in [6.45, 7) is 2.40. The highest BCUT2D eigenvalue weighted by Crippen LogP contribution is 2.43. The van der Waals surface area contributed by atoms with Gasteiger partial charge in [-0.1, -0.05) is 36.4 Å². The highest BCUT2D eigenvalue weighted by molar-refractivity contribution is 6.00. The molecule has 4 nitrogen and oxygen atoms in total. The van der Waals surface area contributed by atoms with Crippen LogP contribution in [-0.2, 0) is 19.0 Å². The second-order valence-electron chi connectivity index (χ2n) is 10.9. The van der Waals surface area contributed by atoms with E-state index in [1.54, 1.807) is 24.3 Å². The Hall–Kier alpha value is -3.65. The van der Waals surface area contributed by atoms with Crippen molar-refractivity contribution in [2.45, 2.75) is 38.3 Å². The first-order chi connectivity index (χ1) is 19.7. The fraction of sp³-hybridized carbons (Fsp3) is 0.364. The number of benzene rings is 3. The average Bonchev–Trinajstić information content (AvgIpc) is 3.13. The third-order valence-corrected chi connectivity index (χ3v) is 8.06. The number of likely N-dealkylation sites (tertiary alicyclic amines) is 1. The Balaban J connectivity index is 1.55. The predicted octanol–water partition coefficient (Wildman–Crippen LogP) is 7.54. The molecule has 1 aliphatic heterocycles. The van der Waals surface area contributed by atoms with Crippen molar-refractivity contribution in [2.24, 2.45) is 5.92 Å². The van der Waals surface area contributed by atoms with Crippen LogP contribution in [0.1, 0.15) is 63.0 Å². The number of allylic oxidation sites excluding steroid dienone is 1. The minimum Gasteiger partial charge on any atom is -0.496 e. The van der Waals surface area contributed by atoms with E-state index in [0.29, 0.717) is 37.2 Å². The van der Waals surface area contributed by atoms with E-state index in [0.717, 1.165) is 60.0 Å². The Morgan fingerprint density at radius 2 is 1.73 bits per heavy atom. The van der Waals surface area contributed by atoms with Crippen LogP contribution in [0, 0.1) is 5.92 Å². The quantitative estimate of drug-likeness (QED) is 0.272. The summed E-state index contributed by atoms with van der Waals surface area (Å²) in [6.07, 6.45) is -1.29. The van der Waals surface area contributed by atoms with E-state index in [1.165, 1.54) is 18.7 Å². The molecule has 41 heavy (non-hydrogen) atoms. The van der Waals surface area contributed by atoms with Crippen LogP contribution in [-0.4, -0.2) is 49.4 Å². The first-order valence-corrected chi connectivity index (χ1v) is 13.9. The SMILES string of the molecule is COc1ccc(C2=C(c3ccc(CC4CN(CCCF)C4)cc3)c3ccc(C(=O)O)cc3CCC2)cc1C(F)(F)F. The fourth-order valence-corrected chi connectivity index (χ4v) is 6.07. The summed E-state index contributed by atoms with van der Waals surface area (Å²) < 4.78 is 59.3. The molecule has 0 aromatic heterocycles. The van der Waals surface area contributed by atoms with Crippen LogP contribution in [0.25, 0.3) is 11.1 Å². The van der Waals surface area contributed by atoms with Gasteiger partial charge in [0.1, 0.15) is 5.75 Å². The van der Waals surface area contributed by atoms with Gasteiger partial charge < -0.3 is 14.7 Å². The number of carboxylic acid groups (broad SMARTS) is 1. The van der Waals surface area contributed by atoms with Crippen molar-refractivity contribution in [1.82, 2.24) is 4.90 Å². The molecule has 1 heterocycles. The Morgan fingerprint density at radius 3 is 2.39 bits per heavy atom. The van der Waals surface area contributed by atoms with Crippen LogP contribution in [0.3, 0.4) is 0 Å². The van der Waals surface area contributed by atoms with E-state index < -0.39 is 17.7 Å². The van der Waals surface area contributed by atoms with Gasteiger partial charge in [-0.25, -0.2) is 4.79 Å². The summed E-state index contributed by atoms with van der Waals surface area (Å²) >= 11 is 0. The molecule has 1 saturated heterocycles. The Morgan fingerprint density at radius 1 is 1.00 bits per heavy atom. The highest BCUT2D eigenvalue weighted by Gasteiger charge is 2.35. The number of rotatable bonds is 9. The number of hydrogen-bond donors (Lipinski definition) is 1. The number of halogens is 4. The van der Waals surface area contributed by atoms with Crippen LogP contribution < -0.4 is 4.74 Å². The van der Waals surface area contributed by atoms with Gasteiger partial charge in [0, 0.05) is 19.6 Å². The lowest BCUT2D eigenvalue weighted by atomic mass is 9.85. The second-order valence-corrected chi connectivity index (χ2v) is 10.9. The number of fused-ring (bicyclic) bond motifs is 1. The monoisotopic (exact) mass is 567 g/mol.